The topological polar surface area (TPSA) is 73.2 Å². The molecule has 1 aromatic rings. The van der Waals surface area contributed by atoms with E-state index in [2.05, 4.69) is 45.0 Å². The number of rotatable bonds is 6. The van der Waals surface area contributed by atoms with Crippen LogP contribution >= 0.6 is 11.8 Å². The van der Waals surface area contributed by atoms with Crippen molar-refractivity contribution in [3.63, 3.8) is 0 Å². The molecule has 2 rings (SSSR count). The van der Waals surface area contributed by atoms with Crippen LogP contribution < -0.4 is 10.9 Å². The molecule has 1 aliphatic carbocycles. The van der Waals surface area contributed by atoms with E-state index >= 15 is 0 Å². The Bertz CT molecular complexity index is 732. The highest BCUT2D eigenvalue weighted by atomic mass is 32.2. The summed E-state index contributed by atoms with van der Waals surface area (Å²) in [4.78, 5) is 25.0. The van der Waals surface area contributed by atoms with Gasteiger partial charge in [0.05, 0.1) is 23.4 Å². The minimum Gasteiger partial charge on any atom is -0.465 e. The Labute approximate surface area is 166 Å². The predicted molar refractivity (Wildman–Crippen MR) is 110 cm³/mol. The largest absolute Gasteiger partial charge is 0.465 e. The Morgan fingerprint density at radius 3 is 2.67 bits per heavy atom. The summed E-state index contributed by atoms with van der Waals surface area (Å²) in [7, 11) is 0. The lowest BCUT2D eigenvalue weighted by atomic mass is 9.58. The fourth-order valence-electron chi connectivity index (χ4n) is 3.98. The zero-order chi connectivity index (χ0) is 20.4. The van der Waals surface area contributed by atoms with Crippen LogP contribution in [-0.2, 0) is 16.1 Å². The number of thioether (sulfide) groups is 1. The summed E-state index contributed by atoms with van der Waals surface area (Å²) >= 11 is 1.38. The molecule has 1 fully saturated rings. The van der Waals surface area contributed by atoms with Gasteiger partial charge in [0.1, 0.15) is 6.54 Å². The van der Waals surface area contributed by atoms with Gasteiger partial charge in [-0.2, -0.15) is 5.10 Å². The molecule has 1 aromatic heterocycles. The average molecular weight is 396 g/mol. The van der Waals surface area contributed by atoms with E-state index in [1.165, 1.54) is 16.4 Å². The van der Waals surface area contributed by atoms with Crippen LogP contribution in [0.1, 0.15) is 48.0 Å². The van der Waals surface area contributed by atoms with Crippen LogP contribution in [0.2, 0.25) is 0 Å². The third-order valence-electron chi connectivity index (χ3n) is 6.60. The number of anilines is 1. The number of carbonyl (C=O) groups excluding carboxylic acids is 1. The summed E-state index contributed by atoms with van der Waals surface area (Å²) in [6, 6.07) is 0.288. The predicted octanol–water partition coefficient (Wildman–Crippen LogP) is 3.65. The second-order valence-electron chi connectivity index (χ2n) is 8.22. The first-order valence-electron chi connectivity index (χ1n) is 9.69. The Hall–Kier alpha value is -1.50. The summed E-state index contributed by atoms with van der Waals surface area (Å²) in [5.74, 6) is 1.17. The maximum atomic E-state index is 12.7. The van der Waals surface area contributed by atoms with Crippen LogP contribution in [0.25, 0.3) is 0 Å². The number of carbonyl (C=O) groups is 1. The van der Waals surface area contributed by atoms with Crippen molar-refractivity contribution in [1.29, 1.82) is 0 Å². The minimum atomic E-state index is -0.453. The zero-order valence-corrected chi connectivity index (χ0v) is 18.4. The van der Waals surface area contributed by atoms with Gasteiger partial charge in [0.25, 0.3) is 5.56 Å². The second kappa shape index (κ2) is 8.67. The highest BCUT2D eigenvalue weighted by Crippen LogP contribution is 2.48. The first-order valence-corrected chi connectivity index (χ1v) is 10.9. The van der Waals surface area contributed by atoms with Crippen LogP contribution in [0.3, 0.4) is 0 Å². The van der Waals surface area contributed by atoms with E-state index in [1.807, 2.05) is 6.26 Å². The number of hydrogen-bond donors (Lipinski definition) is 1. The van der Waals surface area contributed by atoms with E-state index in [0.29, 0.717) is 28.1 Å². The highest BCUT2D eigenvalue weighted by molar-refractivity contribution is 7.98. The molecule has 1 aliphatic rings. The van der Waals surface area contributed by atoms with Gasteiger partial charge in [0, 0.05) is 6.04 Å². The van der Waals surface area contributed by atoms with Gasteiger partial charge in [-0.25, -0.2) is 4.68 Å². The molecule has 0 radical (unpaired) electrons. The van der Waals surface area contributed by atoms with Gasteiger partial charge in [-0.05, 0) is 42.8 Å². The van der Waals surface area contributed by atoms with Crippen molar-refractivity contribution in [3.8, 4) is 0 Å². The number of esters is 1. The van der Waals surface area contributed by atoms with Crippen LogP contribution in [0.5, 0.6) is 0 Å². The molecule has 152 valence electrons. The number of nitrogens with one attached hydrogen (secondary N) is 1. The molecule has 0 spiro atoms. The number of ether oxygens (including phenoxy) is 1. The molecule has 0 bridgehead atoms. The van der Waals surface area contributed by atoms with Crippen LogP contribution in [0, 0.1) is 23.2 Å². The zero-order valence-electron chi connectivity index (χ0n) is 17.5. The molecule has 0 aromatic carbocycles. The third kappa shape index (κ3) is 4.50. The summed E-state index contributed by atoms with van der Waals surface area (Å²) in [6.07, 6.45) is 4.59. The third-order valence-corrected chi connectivity index (χ3v) is 7.41. The molecule has 1 N–H and O–H groups in total. The number of aromatic nitrogens is 2. The molecular weight excluding hydrogens is 362 g/mol. The average Bonchev–Trinajstić information content (AvgIpc) is 2.61. The molecule has 1 heterocycles. The minimum absolute atomic E-state index is 0.164. The quantitative estimate of drug-likeness (QED) is 0.585. The molecule has 6 nitrogen and oxygen atoms in total. The Kier molecular flexibility index (Phi) is 7.00. The highest BCUT2D eigenvalue weighted by Gasteiger charge is 2.43. The van der Waals surface area contributed by atoms with Gasteiger partial charge in [0.15, 0.2) is 0 Å². The van der Waals surface area contributed by atoms with Crippen molar-refractivity contribution in [1.82, 2.24) is 9.78 Å². The van der Waals surface area contributed by atoms with Gasteiger partial charge < -0.3 is 10.1 Å². The van der Waals surface area contributed by atoms with Gasteiger partial charge in [-0.1, -0.05) is 34.6 Å². The molecule has 0 amide bonds. The monoisotopic (exact) mass is 395 g/mol. The molecule has 27 heavy (non-hydrogen) atoms. The van der Waals surface area contributed by atoms with Gasteiger partial charge >= 0.3 is 5.97 Å². The second-order valence-corrected chi connectivity index (χ2v) is 9.03. The van der Waals surface area contributed by atoms with E-state index in [-0.39, 0.29) is 24.8 Å². The SMILES string of the molecule is CCOC(=O)Cn1ncc(N[C@@H]2C[C@H](C)C(C)(C)[C@H](C)[C@H]2C)c(SC)c1=O. The van der Waals surface area contributed by atoms with Gasteiger partial charge in [0.2, 0.25) is 0 Å². The summed E-state index contributed by atoms with van der Waals surface area (Å²) in [5, 5.41) is 7.78. The van der Waals surface area contributed by atoms with Crippen LogP contribution in [0.15, 0.2) is 15.9 Å². The van der Waals surface area contributed by atoms with Crippen molar-refractivity contribution < 1.29 is 9.53 Å². The van der Waals surface area contributed by atoms with Crippen LogP contribution in [0.4, 0.5) is 5.69 Å². The lowest BCUT2D eigenvalue weighted by Crippen LogP contribution is -2.48. The van der Waals surface area contributed by atoms with Gasteiger partial charge in [-0.15, -0.1) is 11.8 Å². The summed E-state index contributed by atoms with van der Waals surface area (Å²) in [5.41, 5.74) is 0.787. The summed E-state index contributed by atoms with van der Waals surface area (Å²) < 4.78 is 6.10. The van der Waals surface area contributed by atoms with Crippen molar-refractivity contribution >= 4 is 23.4 Å². The number of hydrogen-bond acceptors (Lipinski definition) is 6. The molecule has 7 heteroatoms. The van der Waals surface area contributed by atoms with E-state index in [0.717, 1.165) is 12.1 Å². The van der Waals surface area contributed by atoms with Crippen molar-refractivity contribution in [2.24, 2.45) is 23.2 Å². The fraction of sp³-hybridized carbons (Fsp3) is 0.750. The fourth-order valence-corrected chi connectivity index (χ4v) is 4.59. The first kappa shape index (κ1) is 21.8. The van der Waals surface area contributed by atoms with E-state index in [1.54, 1.807) is 13.1 Å². The Morgan fingerprint density at radius 1 is 1.41 bits per heavy atom. The van der Waals surface area contributed by atoms with Crippen molar-refractivity contribution in [2.45, 2.75) is 65.4 Å². The molecule has 4 atom stereocenters. The standard InChI is InChI=1S/C20H33N3O3S/c1-8-26-17(24)11-23-19(25)18(27-7)16(10-21-23)22-15-9-12(2)20(5,6)14(4)13(15)3/h10,12-15,22H,8-9,11H2,1-7H3/t12-,13+,14+,15+/m0/s1. The smallest absolute Gasteiger partial charge is 0.327 e. The van der Waals surface area contributed by atoms with Gasteiger partial charge in [-0.3, -0.25) is 9.59 Å². The molecule has 0 saturated heterocycles. The van der Waals surface area contributed by atoms with Crippen molar-refractivity contribution in [2.75, 3.05) is 18.2 Å². The molecule has 0 unspecified atom stereocenters. The normalized spacial score (nSPS) is 27.2. The Balaban J connectivity index is 2.25. The van der Waals surface area contributed by atoms with E-state index < -0.39 is 5.97 Å². The maximum absolute atomic E-state index is 12.7. The van der Waals surface area contributed by atoms with E-state index in [4.69, 9.17) is 4.74 Å². The van der Waals surface area contributed by atoms with E-state index in [9.17, 15) is 9.59 Å². The number of nitrogens with zero attached hydrogens (tertiary/aromatic N) is 2. The molecule has 1 saturated carbocycles. The lowest BCUT2D eigenvalue weighted by molar-refractivity contribution is -0.144. The summed E-state index contributed by atoms with van der Waals surface area (Å²) in [6.45, 7) is 13.5. The maximum Gasteiger partial charge on any atom is 0.327 e. The van der Waals surface area contributed by atoms with Crippen molar-refractivity contribution in [3.05, 3.63) is 16.6 Å². The molecular formula is C20H33N3O3S. The van der Waals surface area contributed by atoms with Crippen LogP contribution in [-0.4, -0.2) is 34.7 Å². The molecule has 0 aliphatic heterocycles. The Morgan fingerprint density at radius 2 is 2.07 bits per heavy atom. The first-order chi connectivity index (χ1) is 12.6. The lowest BCUT2D eigenvalue weighted by Gasteiger charge is -2.50.